The van der Waals surface area contributed by atoms with Gasteiger partial charge in [0.25, 0.3) is 0 Å². The number of para-hydroxylation sites is 1. The number of hydrogen-bond acceptors (Lipinski definition) is 4. The third kappa shape index (κ3) is 3.83. The maximum atomic E-state index is 5.64. The summed E-state index contributed by atoms with van der Waals surface area (Å²) in [4.78, 5) is 9.73. The maximum absolute atomic E-state index is 5.64. The van der Waals surface area contributed by atoms with Crippen LogP contribution in [-0.4, -0.2) is 24.2 Å². The molecular formula is C27H30N2O2. The SMILES string of the molecule is COc1cc(C(C)C)c2ccc(-c3cc(C(C)(C)C)c4cccc(OC)c4n3)cc2n1. The van der Waals surface area contributed by atoms with Gasteiger partial charge in [0.1, 0.15) is 11.3 Å². The summed E-state index contributed by atoms with van der Waals surface area (Å²) in [6, 6.07) is 16.7. The van der Waals surface area contributed by atoms with Gasteiger partial charge in [0.05, 0.1) is 25.4 Å². The minimum Gasteiger partial charge on any atom is -0.494 e. The summed E-state index contributed by atoms with van der Waals surface area (Å²) < 4.78 is 11.1. The summed E-state index contributed by atoms with van der Waals surface area (Å²) in [5.74, 6) is 1.80. The summed E-state index contributed by atoms with van der Waals surface area (Å²) in [6.45, 7) is 11.1. The number of fused-ring (bicyclic) bond motifs is 2. The van der Waals surface area contributed by atoms with Gasteiger partial charge >= 0.3 is 0 Å². The summed E-state index contributed by atoms with van der Waals surface area (Å²) in [5.41, 5.74) is 6.19. The molecule has 0 amide bonds. The zero-order chi connectivity index (χ0) is 22.3. The van der Waals surface area contributed by atoms with Crippen LogP contribution in [0.5, 0.6) is 11.6 Å². The van der Waals surface area contributed by atoms with Crippen LogP contribution in [0.2, 0.25) is 0 Å². The highest BCUT2D eigenvalue weighted by Gasteiger charge is 2.21. The number of aromatic nitrogens is 2. The lowest BCUT2D eigenvalue weighted by atomic mass is 9.83. The fourth-order valence-corrected chi connectivity index (χ4v) is 4.13. The van der Waals surface area contributed by atoms with E-state index in [9.17, 15) is 0 Å². The van der Waals surface area contributed by atoms with Crippen molar-refractivity contribution < 1.29 is 9.47 Å². The molecule has 0 aliphatic rings. The summed E-state index contributed by atoms with van der Waals surface area (Å²) in [5, 5.41) is 2.27. The Balaban J connectivity index is 2.00. The van der Waals surface area contributed by atoms with Crippen molar-refractivity contribution in [2.75, 3.05) is 14.2 Å². The van der Waals surface area contributed by atoms with Crippen LogP contribution < -0.4 is 9.47 Å². The van der Waals surface area contributed by atoms with Crippen LogP contribution in [0, 0.1) is 0 Å². The minimum atomic E-state index is -0.0363. The summed E-state index contributed by atoms with van der Waals surface area (Å²) in [6.07, 6.45) is 0. The summed E-state index contributed by atoms with van der Waals surface area (Å²) >= 11 is 0. The molecule has 4 rings (SSSR count). The number of pyridine rings is 2. The molecular weight excluding hydrogens is 384 g/mol. The number of ether oxygens (including phenoxy) is 2. The normalized spacial score (nSPS) is 12.0. The largest absolute Gasteiger partial charge is 0.494 e. The second kappa shape index (κ2) is 7.84. The first-order valence-electron chi connectivity index (χ1n) is 10.7. The lowest BCUT2D eigenvalue weighted by molar-refractivity contribution is 0.399. The molecule has 4 heteroatoms. The molecule has 0 aliphatic heterocycles. The highest BCUT2D eigenvalue weighted by Crippen LogP contribution is 2.37. The first kappa shape index (κ1) is 21.1. The van der Waals surface area contributed by atoms with Gasteiger partial charge in [-0.2, -0.15) is 0 Å². The Morgan fingerprint density at radius 3 is 2.26 bits per heavy atom. The average molecular weight is 415 g/mol. The molecule has 0 saturated carbocycles. The minimum absolute atomic E-state index is 0.0363. The van der Waals surface area contributed by atoms with Gasteiger partial charge in [0, 0.05) is 22.4 Å². The number of methoxy groups -OCH3 is 2. The molecule has 0 radical (unpaired) electrons. The highest BCUT2D eigenvalue weighted by atomic mass is 16.5. The van der Waals surface area contributed by atoms with E-state index in [0.717, 1.165) is 38.8 Å². The van der Waals surface area contributed by atoms with Gasteiger partial charge < -0.3 is 9.47 Å². The fourth-order valence-electron chi connectivity index (χ4n) is 4.13. The van der Waals surface area contributed by atoms with Crippen molar-refractivity contribution in [2.24, 2.45) is 0 Å². The van der Waals surface area contributed by atoms with Gasteiger partial charge in [0.15, 0.2) is 0 Å². The lowest BCUT2D eigenvalue weighted by Gasteiger charge is -2.23. The van der Waals surface area contributed by atoms with E-state index in [-0.39, 0.29) is 5.41 Å². The van der Waals surface area contributed by atoms with Crippen molar-refractivity contribution in [1.82, 2.24) is 9.97 Å². The molecule has 0 unspecified atom stereocenters. The highest BCUT2D eigenvalue weighted by molar-refractivity contribution is 5.92. The fraction of sp³-hybridized carbons (Fsp3) is 0.333. The van der Waals surface area contributed by atoms with Crippen LogP contribution >= 0.6 is 0 Å². The van der Waals surface area contributed by atoms with Crippen molar-refractivity contribution >= 4 is 21.8 Å². The van der Waals surface area contributed by atoms with E-state index in [1.165, 1.54) is 11.1 Å². The molecule has 160 valence electrons. The zero-order valence-corrected chi connectivity index (χ0v) is 19.4. The van der Waals surface area contributed by atoms with Crippen LogP contribution in [0.15, 0.2) is 48.5 Å². The van der Waals surface area contributed by atoms with E-state index < -0.39 is 0 Å². The molecule has 0 fully saturated rings. The van der Waals surface area contributed by atoms with Crippen molar-refractivity contribution in [3.05, 3.63) is 59.7 Å². The van der Waals surface area contributed by atoms with Crippen molar-refractivity contribution in [2.45, 2.75) is 46.0 Å². The predicted octanol–water partition coefficient (Wildman–Crippen LogP) is 6.89. The van der Waals surface area contributed by atoms with Crippen LogP contribution in [-0.2, 0) is 5.41 Å². The second-order valence-corrected chi connectivity index (χ2v) is 9.30. The van der Waals surface area contributed by atoms with E-state index in [1.54, 1.807) is 14.2 Å². The smallest absolute Gasteiger partial charge is 0.213 e. The Hall–Kier alpha value is -3.14. The molecule has 2 aromatic heterocycles. The lowest BCUT2D eigenvalue weighted by Crippen LogP contribution is -2.12. The van der Waals surface area contributed by atoms with Gasteiger partial charge in [-0.3, -0.25) is 0 Å². The first-order valence-corrected chi connectivity index (χ1v) is 10.7. The van der Waals surface area contributed by atoms with E-state index >= 15 is 0 Å². The van der Waals surface area contributed by atoms with E-state index in [1.807, 2.05) is 18.2 Å². The Morgan fingerprint density at radius 2 is 1.61 bits per heavy atom. The Kier molecular flexibility index (Phi) is 5.34. The van der Waals surface area contributed by atoms with Crippen molar-refractivity contribution in [1.29, 1.82) is 0 Å². The van der Waals surface area contributed by atoms with Crippen molar-refractivity contribution in [3.8, 4) is 22.9 Å². The Labute approximate surface area is 184 Å². The maximum Gasteiger partial charge on any atom is 0.213 e. The molecule has 0 spiro atoms. The first-order chi connectivity index (χ1) is 14.7. The Morgan fingerprint density at radius 1 is 0.839 bits per heavy atom. The van der Waals surface area contributed by atoms with Gasteiger partial charge in [-0.05, 0) is 40.7 Å². The molecule has 0 bridgehead atoms. The standard InChI is InChI=1S/C27H30N2O2/c1-16(2)20-14-25(31-7)28-23-13-17(11-12-18(20)23)22-15-21(27(3,4)5)19-9-8-10-24(30-6)26(19)29-22/h8-16H,1-7H3. The van der Waals surface area contributed by atoms with Gasteiger partial charge in [-0.25, -0.2) is 9.97 Å². The topological polar surface area (TPSA) is 44.2 Å². The third-order valence-corrected chi connectivity index (χ3v) is 5.78. The number of benzene rings is 2. The Bertz CT molecular complexity index is 1270. The third-order valence-electron chi connectivity index (χ3n) is 5.78. The molecule has 0 saturated heterocycles. The van der Waals surface area contributed by atoms with Gasteiger partial charge in [0.2, 0.25) is 5.88 Å². The van der Waals surface area contributed by atoms with Gasteiger partial charge in [-0.15, -0.1) is 0 Å². The van der Waals surface area contributed by atoms with E-state index in [2.05, 4.69) is 65.0 Å². The van der Waals surface area contributed by atoms with E-state index in [4.69, 9.17) is 19.4 Å². The second-order valence-electron chi connectivity index (χ2n) is 9.30. The number of nitrogens with zero attached hydrogens (tertiary/aromatic N) is 2. The van der Waals surface area contributed by atoms with Crippen LogP contribution in [0.25, 0.3) is 33.1 Å². The predicted molar refractivity (Wildman–Crippen MR) is 128 cm³/mol. The molecule has 2 aromatic carbocycles. The van der Waals surface area contributed by atoms with Gasteiger partial charge in [-0.1, -0.05) is 58.9 Å². The zero-order valence-electron chi connectivity index (χ0n) is 19.4. The molecule has 0 N–H and O–H groups in total. The molecule has 31 heavy (non-hydrogen) atoms. The van der Waals surface area contributed by atoms with Crippen LogP contribution in [0.1, 0.15) is 51.7 Å². The molecule has 4 nitrogen and oxygen atoms in total. The monoisotopic (exact) mass is 414 g/mol. The van der Waals surface area contributed by atoms with E-state index in [0.29, 0.717) is 11.8 Å². The van der Waals surface area contributed by atoms with Crippen molar-refractivity contribution in [3.63, 3.8) is 0 Å². The summed E-state index contributed by atoms with van der Waals surface area (Å²) in [7, 11) is 3.36. The molecule has 4 aromatic rings. The number of hydrogen-bond donors (Lipinski definition) is 0. The van der Waals surface area contributed by atoms with Crippen LogP contribution in [0.3, 0.4) is 0 Å². The number of rotatable bonds is 4. The molecule has 0 atom stereocenters. The molecule has 0 aliphatic carbocycles. The molecule has 2 heterocycles. The average Bonchev–Trinajstić information content (AvgIpc) is 2.75. The van der Waals surface area contributed by atoms with Crippen LogP contribution in [0.4, 0.5) is 0 Å². The quantitative estimate of drug-likeness (QED) is 0.365.